The summed E-state index contributed by atoms with van der Waals surface area (Å²) in [6.45, 7) is 2.12. The third-order valence-corrected chi connectivity index (χ3v) is 5.95. The van der Waals surface area contributed by atoms with Crippen LogP contribution in [0, 0.1) is 5.92 Å². The van der Waals surface area contributed by atoms with Crippen molar-refractivity contribution in [3.8, 4) is 0 Å². The van der Waals surface area contributed by atoms with Gasteiger partial charge >= 0.3 is 16.4 Å². The highest BCUT2D eigenvalue weighted by atomic mass is 32.3. The summed E-state index contributed by atoms with van der Waals surface area (Å²) in [5.74, 6) is -0.0433. The fourth-order valence-corrected chi connectivity index (χ4v) is 4.64. The van der Waals surface area contributed by atoms with E-state index in [9.17, 15) is 18.0 Å². The lowest BCUT2D eigenvalue weighted by atomic mass is 10.0. The third kappa shape index (κ3) is 4.73. The minimum atomic E-state index is -4.82. The molecule has 0 saturated carbocycles. The largest absolute Gasteiger partial charge is 0.418 e. The Balaban J connectivity index is 1.22. The third-order valence-electron chi connectivity index (χ3n) is 5.60. The molecule has 0 aliphatic carbocycles. The number of carbonyl (C=O) groups is 2. The summed E-state index contributed by atoms with van der Waals surface area (Å²) < 4.78 is 37.0. The molecule has 1 aromatic rings. The quantitative estimate of drug-likeness (QED) is 0.335. The van der Waals surface area contributed by atoms with E-state index in [0.29, 0.717) is 23.8 Å². The number of rotatable bonds is 8. The Labute approximate surface area is 173 Å². The second-order valence-electron chi connectivity index (χ2n) is 7.75. The van der Waals surface area contributed by atoms with Crippen LogP contribution in [0.2, 0.25) is 0 Å². The van der Waals surface area contributed by atoms with Gasteiger partial charge in [0, 0.05) is 38.1 Å². The molecule has 3 fully saturated rings. The molecule has 3 amide bonds. The van der Waals surface area contributed by atoms with Gasteiger partial charge in [-0.2, -0.15) is 13.5 Å². The van der Waals surface area contributed by atoms with Crippen LogP contribution in [0.25, 0.3) is 0 Å². The standard InChI is InChI=1S/C16H24N6O7S/c23-15(14-2-1-13-8-21(14)16(24)22(13)29-30(25,26)27)19-28-9-12-5-11(6-18-12)7-20-4-3-17-10-20/h3-4,10-14,18H,1-2,5-9H2,(H,19,23)(H,25,26,27)/t11-,12+,13?,14?/m1/s1. The minimum absolute atomic E-state index is 0.0987. The van der Waals surface area contributed by atoms with E-state index < -0.39 is 34.4 Å². The van der Waals surface area contributed by atoms with E-state index in [1.54, 1.807) is 12.5 Å². The predicted molar refractivity (Wildman–Crippen MR) is 99.6 cm³/mol. The fraction of sp³-hybridized carbons (Fsp3) is 0.688. The summed E-state index contributed by atoms with van der Waals surface area (Å²) in [6.07, 6.45) is 7.01. The predicted octanol–water partition coefficient (Wildman–Crippen LogP) is -1.09. The van der Waals surface area contributed by atoms with Crippen molar-refractivity contribution in [3.63, 3.8) is 0 Å². The number of nitrogens with zero attached hydrogens (tertiary/aromatic N) is 4. The number of aromatic nitrogens is 2. The Kier molecular flexibility index (Phi) is 5.92. The van der Waals surface area contributed by atoms with Gasteiger partial charge in [-0.25, -0.2) is 15.3 Å². The molecular weight excluding hydrogens is 420 g/mol. The van der Waals surface area contributed by atoms with E-state index in [-0.39, 0.29) is 19.2 Å². The molecule has 3 N–H and O–H groups in total. The zero-order chi connectivity index (χ0) is 21.3. The molecular formula is C16H24N6O7S. The van der Waals surface area contributed by atoms with Crippen LogP contribution in [0.4, 0.5) is 4.79 Å². The summed E-state index contributed by atoms with van der Waals surface area (Å²) >= 11 is 0. The number of piperidine rings is 1. The van der Waals surface area contributed by atoms with Crippen LogP contribution in [-0.4, -0.2) is 82.2 Å². The number of carbonyl (C=O) groups excluding carboxylic acids is 2. The van der Waals surface area contributed by atoms with Gasteiger partial charge in [0.1, 0.15) is 6.04 Å². The molecule has 1 aromatic heterocycles. The SMILES string of the molecule is O=C(NOC[C@@H]1C[C@@H](Cn2ccnc2)CN1)C1CCC2CN1C(=O)N2OS(=O)(=O)O. The molecule has 2 unspecified atom stereocenters. The zero-order valence-electron chi connectivity index (χ0n) is 16.1. The molecule has 4 rings (SSSR count). The highest BCUT2D eigenvalue weighted by molar-refractivity contribution is 7.80. The number of hydrogen-bond acceptors (Lipinski definition) is 8. The van der Waals surface area contributed by atoms with Gasteiger partial charge in [-0.15, -0.1) is 4.28 Å². The Morgan fingerprint density at radius 3 is 2.97 bits per heavy atom. The summed E-state index contributed by atoms with van der Waals surface area (Å²) in [5, 5.41) is 3.96. The molecule has 0 spiro atoms. The minimum Gasteiger partial charge on any atom is -0.337 e. The number of hydroxylamine groups is 3. The number of urea groups is 1. The Hall–Kier alpha value is -2.26. The maximum Gasteiger partial charge on any atom is 0.418 e. The van der Waals surface area contributed by atoms with E-state index in [1.165, 1.54) is 4.90 Å². The Bertz CT molecular complexity index is 879. The summed E-state index contributed by atoms with van der Waals surface area (Å²) in [5.41, 5.74) is 2.39. The molecule has 4 atom stereocenters. The van der Waals surface area contributed by atoms with Gasteiger partial charge in [0.25, 0.3) is 5.91 Å². The molecule has 14 heteroatoms. The summed E-state index contributed by atoms with van der Waals surface area (Å²) in [4.78, 5) is 35.4. The maximum absolute atomic E-state index is 12.5. The first-order valence-corrected chi connectivity index (χ1v) is 11.0. The molecule has 4 heterocycles. The van der Waals surface area contributed by atoms with Crippen molar-refractivity contribution in [2.75, 3.05) is 19.7 Å². The number of imidazole rings is 1. The van der Waals surface area contributed by atoms with Crippen molar-refractivity contribution in [1.82, 2.24) is 30.3 Å². The lowest BCUT2D eigenvalue weighted by Crippen LogP contribution is -2.50. The van der Waals surface area contributed by atoms with Crippen LogP contribution in [0.1, 0.15) is 19.3 Å². The number of fused-ring (bicyclic) bond motifs is 2. The maximum atomic E-state index is 12.5. The van der Waals surface area contributed by atoms with Gasteiger partial charge < -0.3 is 14.8 Å². The van der Waals surface area contributed by atoms with E-state index in [1.807, 2.05) is 10.8 Å². The van der Waals surface area contributed by atoms with Gasteiger partial charge in [0.2, 0.25) is 0 Å². The average molecular weight is 444 g/mol. The van der Waals surface area contributed by atoms with Crippen molar-refractivity contribution >= 4 is 22.3 Å². The van der Waals surface area contributed by atoms with Crippen LogP contribution >= 0.6 is 0 Å². The van der Waals surface area contributed by atoms with Crippen LogP contribution in [0.15, 0.2) is 18.7 Å². The smallest absolute Gasteiger partial charge is 0.337 e. The van der Waals surface area contributed by atoms with E-state index in [0.717, 1.165) is 19.5 Å². The highest BCUT2D eigenvalue weighted by Crippen LogP contribution is 2.30. The van der Waals surface area contributed by atoms with Crippen molar-refractivity contribution < 1.29 is 31.7 Å². The molecule has 166 valence electrons. The first-order valence-electron chi connectivity index (χ1n) is 9.68. The van der Waals surface area contributed by atoms with Crippen LogP contribution in [0.5, 0.6) is 0 Å². The lowest BCUT2D eigenvalue weighted by molar-refractivity contribution is -0.139. The van der Waals surface area contributed by atoms with E-state index in [2.05, 4.69) is 20.1 Å². The van der Waals surface area contributed by atoms with Crippen molar-refractivity contribution in [2.45, 2.75) is 43.9 Å². The fourth-order valence-electron chi connectivity index (χ4n) is 4.25. The van der Waals surface area contributed by atoms with Crippen LogP contribution in [0.3, 0.4) is 0 Å². The monoisotopic (exact) mass is 444 g/mol. The number of nitrogens with one attached hydrogen (secondary N) is 2. The lowest BCUT2D eigenvalue weighted by Gasteiger charge is -2.29. The molecule has 30 heavy (non-hydrogen) atoms. The number of hydrogen-bond donors (Lipinski definition) is 3. The second-order valence-corrected chi connectivity index (χ2v) is 8.76. The zero-order valence-corrected chi connectivity index (χ0v) is 16.9. The van der Waals surface area contributed by atoms with Crippen molar-refractivity contribution in [2.24, 2.45) is 5.92 Å². The summed E-state index contributed by atoms with van der Waals surface area (Å²) in [6, 6.07) is -2.02. The highest BCUT2D eigenvalue weighted by Gasteiger charge is 2.49. The molecule has 2 bridgehead atoms. The van der Waals surface area contributed by atoms with Crippen molar-refractivity contribution in [3.05, 3.63) is 18.7 Å². The average Bonchev–Trinajstić information content (AvgIpc) is 3.40. The molecule has 3 saturated heterocycles. The van der Waals surface area contributed by atoms with Gasteiger partial charge in [-0.1, -0.05) is 0 Å². The Morgan fingerprint density at radius 1 is 1.40 bits per heavy atom. The van der Waals surface area contributed by atoms with E-state index in [4.69, 9.17) is 9.39 Å². The molecule has 0 radical (unpaired) electrons. The summed E-state index contributed by atoms with van der Waals surface area (Å²) in [7, 11) is -4.82. The van der Waals surface area contributed by atoms with Gasteiger partial charge in [0.15, 0.2) is 0 Å². The molecule has 3 aliphatic rings. The topological polar surface area (TPSA) is 155 Å². The Morgan fingerprint density at radius 2 is 2.23 bits per heavy atom. The molecule has 0 aromatic carbocycles. The van der Waals surface area contributed by atoms with Crippen molar-refractivity contribution in [1.29, 1.82) is 0 Å². The molecule has 13 nitrogen and oxygen atoms in total. The van der Waals surface area contributed by atoms with Gasteiger partial charge in [-0.05, 0) is 25.2 Å². The molecule has 3 aliphatic heterocycles. The van der Waals surface area contributed by atoms with E-state index >= 15 is 0 Å². The van der Waals surface area contributed by atoms with Crippen LogP contribution < -0.4 is 10.8 Å². The van der Waals surface area contributed by atoms with Crippen LogP contribution in [-0.2, 0) is 30.9 Å². The first kappa shape index (κ1) is 21.0. The van der Waals surface area contributed by atoms with Gasteiger partial charge in [0.05, 0.1) is 19.0 Å². The second kappa shape index (κ2) is 8.47. The van der Waals surface area contributed by atoms with Gasteiger partial charge in [-0.3, -0.25) is 14.2 Å². The first-order chi connectivity index (χ1) is 14.3. The normalized spacial score (nSPS) is 28.9. The number of amides is 3.